The molecule has 20 heavy (non-hydrogen) atoms. The van der Waals surface area contributed by atoms with E-state index in [9.17, 15) is 9.90 Å². The number of nitrogens with one attached hydrogen (secondary N) is 1. The van der Waals surface area contributed by atoms with E-state index in [1.54, 1.807) is 7.11 Å². The van der Waals surface area contributed by atoms with E-state index in [2.05, 4.69) is 10.3 Å². The van der Waals surface area contributed by atoms with E-state index in [1.807, 2.05) is 26.0 Å². The third-order valence-corrected chi connectivity index (χ3v) is 3.04. The molecule has 1 heterocycles. The number of carbonyl (C=O) groups excluding carboxylic acids is 1. The SMILES string of the molecule is COc1c(C)ccc(NC(=O)c2cncc(O)c2)c1C. The lowest BCUT2D eigenvalue weighted by atomic mass is 10.1. The molecule has 2 aromatic rings. The van der Waals surface area contributed by atoms with E-state index >= 15 is 0 Å². The highest BCUT2D eigenvalue weighted by atomic mass is 16.5. The third-order valence-electron chi connectivity index (χ3n) is 3.04. The monoisotopic (exact) mass is 272 g/mol. The van der Waals surface area contributed by atoms with Gasteiger partial charge in [-0.25, -0.2) is 0 Å². The maximum Gasteiger partial charge on any atom is 0.257 e. The Bertz CT molecular complexity index is 654. The molecule has 1 aromatic carbocycles. The number of benzene rings is 1. The number of rotatable bonds is 3. The molecule has 0 saturated carbocycles. The number of amides is 1. The Morgan fingerprint density at radius 1 is 1.30 bits per heavy atom. The highest BCUT2D eigenvalue weighted by Gasteiger charge is 2.12. The summed E-state index contributed by atoms with van der Waals surface area (Å²) in [6, 6.07) is 5.06. The maximum absolute atomic E-state index is 12.1. The first-order valence-corrected chi connectivity index (χ1v) is 6.12. The van der Waals surface area contributed by atoms with Crippen molar-refractivity contribution in [3.63, 3.8) is 0 Å². The summed E-state index contributed by atoms with van der Waals surface area (Å²) >= 11 is 0. The van der Waals surface area contributed by atoms with Crippen molar-refractivity contribution in [3.8, 4) is 11.5 Å². The van der Waals surface area contributed by atoms with Crippen LogP contribution in [0.3, 0.4) is 0 Å². The third kappa shape index (κ3) is 2.71. The molecule has 0 bridgehead atoms. The number of hydrogen-bond donors (Lipinski definition) is 2. The summed E-state index contributed by atoms with van der Waals surface area (Å²) in [4.78, 5) is 15.9. The Morgan fingerprint density at radius 3 is 2.70 bits per heavy atom. The number of hydrogen-bond acceptors (Lipinski definition) is 4. The van der Waals surface area contributed by atoms with E-state index in [-0.39, 0.29) is 11.7 Å². The van der Waals surface area contributed by atoms with Crippen molar-refractivity contribution < 1.29 is 14.6 Å². The van der Waals surface area contributed by atoms with Gasteiger partial charge in [0, 0.05) is 17.4 Å². The zero-order valence-electron chi connectivity index (χ0n) is 11.6. The first-order chi connectivity index (χ1) is 9.52. The Labute approximate surface area is 117 Å². The van der Waals surface area contributed by atoms with Crippen LogP contribution in [0.5, 0.6) is 11.5 Å². The van der Waals surface area contributed by atoms with Crippen LogP contribution < -0.4 is 10.1 Å². The first-order valence-electron chi connectivity index (χ1n) is 6.12. The van der Waals surface area contributed by atoms with Gasteiger partial charge in [-0.2, -0.15) is 0 Å². The average Bonchev–Trinajstić information content (AvgIpc) is 2.42. The minimum Gasteiger partial charge on any atom is -0.506 e. The van der Waals surface area contributed by atoms with Crippen LogP contribution in [0.4, 0.5) is 5.69 Å². The number of carbonyl (C=O) groups is 1. The zero-order chi connectivity index (χ0) is 14.7. The minimum atomic E-state index is -0.331. The van der Waals surface area contributed by atoms with Gasteiger partial charge in [0.1, 0.15) is 11.5 Å². The summed E-state index contributed by atoms with van der Waals surface area (Å²) in [6.45, 7) is 3.82. The predicted molar refractivity (Wildman–Crippen MR) is 76.3 cm³/mol. The van der Waals surface area contributed by atoms with Gasteiger partial charge in [0.05, 0.1) is 18.9 Å². The Hall–Kier alpha value is -2.56. The number of aromatic nitrogens is 1. The lowest BCUT2D eigenvalue weighted by molar-refractivity contribution is 0.102. The molecule has 0 fully saturated rings. The molecule has 0 aliphatic heterocycles. The average molecular weight is 272 g/mol. The molecule has 0 atom stereocenters. The number of nitrogens with zero attached hydrogens (tertiary/aromatic N) is 1. The zero-order valence-corrected chi connectivity index (χ0v) is 11.6. The molecule has 0 unspecified atom stereocenters. The van der Waals surface area contributed by atoms with Gasteiger partial charge in [-0.15, -0.1) is 0 Å². The van der Waals surface area contributed by atoms with Gasteiger partial charge >= 0.3 is 0 Å². The van der Waals surface area contributed by atoms with E-state index < -0.39 is 0 Å². The van der Waals surface area contributed by atoms with Crippen molar-refractivity contribution in [1.82, 2.24) is 4.98 Å². The molecule has 0 saturated heterocycles. The summed E-state index contributed by atoms with van der Waals surface area (Å²) < 4.78 is 5.32. The molecule has 1 aromatic heterocycles. The van der Waals surface area contributed by atoms with E-state index in [4.69, 9.17) is 4.74 Å². The highest BCUT2D eigenvalue weighted by molar-refractivity contribution is 6.04. The fourth-order valence-corrected chi connectivity index (χ4v) is 2.02. The van der Waals surface area contributed by atoms with Crippen molar-refractivity contribution in [1.29, 1.82) is 0 Å². The minimum absolute atomic E-state index is 0.0455. The summed E-state index contributed by atoms with van der Waals surface area (Å²) in [5, 5.41) is 12.1. The lowest BCUT2D eigenvalue weighted by Gasteiger charge is -2.14. The van der Waals surface area contributed by atoms with Crippen LogP contribution in [-0.2, 0) is 0 Å². The van der Waals surface area contributed by atoms with E-state index in [0.29, 0.717) is 11.3 Å². The summed E-state index contributed by atoms with van der Waals surface area (Å²) in [5.41, 5.74) is 2.82. The van der Waals surface area contributed by atoms with Crippen molar-refractivity contribution in [2.75, 3.05) is 12.4 Å². The van der Waals surface area contributed by atoms with Gasteiger partial charge in [-0.1, -0.05) is 6.07 Å². The number of ether oxygens (including phenoxy) is 1. The number of anilines is 1. The molecule has 5 nitrogen and oxygen atoms in total. The Kier molecular flexibility index (Phi) is 3.89. The molecule has 1 amide bonds. The quantitative estimate of drug-likeness (QED) is 0.901. The number of aryl methyl sites for hydroxylation is 1. The van der Waals surface area contributed by atoms with Gasteiger partial charge in [0.25, 0.3) is 5.91 Å². The molecule has 0 aliphatic carbocycles. The van der Waals surface area contributed by atoms with E-state index in [1.165, 1.54) is 18.5 Å². The molecule has 104 valence electrons. The van der Waals surface area contributed by atoms with Gasteiger partial charge in [0.15, 0.2) is 0 Å². The van der Waals surface area contributed by atoms with E-state index in [0.717, 1.165) is 16.9 Å². The smallest absolute Gasteiger partial charge is 0.257 e. The normalized spacial score (nSPS) is 10.2. The van der Waals surface area contributed by atoms with Crippen LogP contribution in [0, 0.1) is 13.8 Å². The molecular weight excluding hydrogens is 256 g/mol. The Balaban J connectivity index is 2.29. The van der Waals surface area contributed by atoms with Gasteiger partial charge in [-0.05, 0) is 31.5 Å². The van der Waals surface area contributed by atoms with Crippen molar-refractivity contribution in [2.45, 2.75) is 13.8 Å². The van der Waals surface area contributed by atoms with Crippen molar-refractivity contribution in [2.24, 2.45) is 0 Å². The molecule has 2 N–H and O–H groups in total. The van der Waals surface area contributed by atoms with Crippen LogP contribution in [-0.4, -0.2) is 23.1 Å². The second-order valence-corrected chi connectivity index (χ2v) is 4.47. The lowest BCUT2D eigenvalue weighted by Crippen LogP contribution is -2.13. The van der Waals surface area contributed by atoms with Gasteiger partial charge in [0.2, 0.25) is 0 Å². The maximum atomic E-state index is 12.1. The van der Waals surface area contributed by atoms with Crippen LogP contribution in [0.2, 0.25) is 0 Å². The van der Waals surface area contributed by atoms with Crippen LogP contribution in [0.25, 0.3) is 0 Å². The molecule has 5 heteroatoms. The number of aromatic hydroxyl groups is 1. The molecule has 0 aliphatic rings. The summed E-state index contributed by atoms with van der Waals surface area (Å²) in [6.07, 6.45) is 2.67. The second-order valence-electron chi connectivity index (χ2n) is 4.47. The van der Waals surface area contributed by atoms with Crippen molar-refractivity contribution in [3.05, 3.63) is 47.3 Å². The fraction of sp³-hybridized carbons (Fsp3) is 0.200. The summed E-state index contributed by atoms with van der Waals surface area (Å²) in [5.74, 6) is 0.370. The standard InChI is InChI=1S/C15H16N2O3/c1-9-4-5-13(10(2)14(9)20-3)17-15(19)11-6-12(18)8-16-7-11/h4-8,18H,1-3H3,(H,17,19). The highest BCUT2D eigenvalue weighted by Crippen LogP contribution is 2.29. The first kappa shape index (κ1) is 13.9. The van der Waals surface area contributed by atoms with Crippen molar-refractivity contribution >= 4 is 11.6 Å². The second kappa shape index (κ2) is 5.61. The predicted octanol–water partition coefficient (Wildman–Crippen LogP) is 2.66. The molecule has 0 spiro atoms. The molecule has 2 rings (SSSR count). The largest absolute Gasteiger partial charge is 0.506 e. The van der Waals surface area contributed by atoms with Crippen LogP contribution in [0.1, 0.15) is 21.5 Å². The summed E-state index contributed by atoms with van der Waals surface area (Å²) in [7, 11) is 1.60. The molecule has 0 radical (unpaired) electrons. The van der Waals surface area contributed by atoms with Crippen LogP contribution in [0.15, 0.2) is 30.6 Å². The topological polar surface area (TPSA) is 71.5 Å². The van der Waals surface area contributed by atoms with Gasteiger partial charge < -0.3 is 15.2 Å². The van der Waals surface area contributed by atoms with Gasteiger partial charge in [-0.3, -0.25) is 9.78 Å². The number of methoxy groups -OCH3 is 1. The van der Waals surface area contributed by atoms with Crippen LogP contribution >= 0.6 is 0 Å². The Morgan fingerprint density at radius 2 is 2.05 bits per heavy atom. The number of pyridine rings is 1. The molecular formula is C15H16N2O3. The fourth-order valence-electron chi connectivity index (χ4n) is 2.02.